The summed E-state index contributed by atoms with van der Waals surface area (Å²) in [6.45, 7) is 0. The van der Waals surface area contributed by atoms with Crippen LogP contribution in [-0.4, -0.2) is 28.6 Å². The molecule has 1 atom stereocenters. The Balaban J connectivity index is 1.93. The highest BCUT2D eigenvalue weighted by molar-refractivity contribution is 5.92. The van der Waals surface area contributed by atoms with E-state index in [0.29, 0.717) is 12.8 Å². The minimum atomic E-state index is -0.954. The smallest absolute Gasteiger partial charge is 0.326 e. The Morgan fingerprint density at radius 3 is 2.36 bits per heavy atom. The Bertz CT molecular complexity index is 282. The summed E-state index contributed by atoms with van der Waals surface area (Å²) in [4.78, 5) is 22.3. The van der Waals surface area contributed by atoms with E-state index < -0.39 is 17.6 Å². The highest BCUT2D eigenvalue weighted by atomic mass is 16.4. The molecule has 14 heavy (non-hydrogen) atoms. The average molecular weight is 198 g/mol. The predicted octanol–water partition coefficient (Wildman–Crippen LogP) is -0.543. The van der Waals surface area contributed by atoms with Crippen LogP contribution < -0.4 is 11.1 Å². The summed E-state index contributed by atoms with van der Waals surface area (Å²) in [7, 11) is 0. The van der Waals surface area contributed by atoms with Gasteiger partial charge >= 0.3 is 5.97 Å². The van der Waals surface area contributed by atoms with E-state index in [-0.39, 0.29) is 11.8 Å². The molecule has 0 aromatic rings. The molecular weight excluding hydrogens is 184 g/mol. The van der Waals surface area contributed by atoms with Gasteiger partial charge in [0.05, 0.1) is 5.54 Å². The van der Waals surface area contributed by atoms with Gasteiger partial charge in [0, 0.05) is 0 Å². The van der Waals surface area contributed by atoms with Crippen molar-refractivity contribution in [2.24, 2.45) is 11.7 Å². The summed E-state index contributed by atoms with van der Waals surface area (Å²) in [6.07, 6.45) is 3.09. The predicted molar refractivity (Wildman–Crippen MR) is 48.4 cm³/mol. The van der Waals surface area contributed by atoms with Crippen LogP contribution >= 0.6 is 0 Å². The molecular formula is C9H14N2O3. The lowest BCUT2D eigenvalue weighted by Crippen LogP contribution is -2.50. The van der Waals surface area contributed by atoms with Crippen LogP contribution in [0.3, 0.4) is 0 Å². The lowest BCUT2D eigenvalue weighted by atomic mass is 10.1. The van der Waals surface area contributed by atoms with Crippen LogP contribution in [0, 0.1) is 5.92 Å². The Morgan fingerprint density at radius 1 is 1.43 bits per heavy atom. The topological polar surface area (TPSA) is 92.4 Å². The van der Waals surface area contributed by atoms with Gasteiger partial charge in [0.1, 0.15) is 6.04 Å². The molecule has 2 saturated carbocycles. The number of nitrogens with one attached hydrogen (secondary N) is 1. The zero-order chi connectivity index (χ0) is 10.3. The second-order valence-corrected chi connectivity index (χ2v) is 4.28. The van der Waals surface area contributed by atoms with E-state index in [2.05, 4.69) is 5.32 Å². The van der Waals surface area contributed by atoms with Crippen LogP contribution in [0.25, 0.3) is 0 Å². The molecule has 0 aromatic heterocycles. The molecule has 0 radical (unpaired) electrons. The van der Waals surface area contributed by atoms with Crippen molar-refractivity contribution >= 4 is 11.9 Å². The number of rotatable bonds is 4. The van der Waals surface area contributed by atoms with Crippen LogP contribution in [0.4, 0.5) is 0 Å². The molecule has 4 N–H and O–H groups in total. The SMILES string of the molecule is NC1(C(=O)NC(C(=O)O)C2CC2)CC1. The summed E-state index contributed by atoms with van der Waals surface area (Å²) in [5.41, 5.74) is 4.88. The van der Waals surface area contributed by atoms with E-state index >= 15 is 0 Å². The molecule has 0 heterocycles. The van der Waals surface area contributed by atoms with Crippen LogP contribution in [0.2, 0.25) is 0 Å². The third-order valence-corrected chi connectivity index (χ3v) is 2.89. The lowest BCUT2D eigenvalue weighted by Gasteiger charge is -2.16. The first-order chi connectivity index (χ1) is 6.53. The fourth-order valence-corrected chi connectivity index (χ4v) is 1.46. The van der Waals surface area contributed by atoms with Crippen molar-refractivity contribution in [3.8, 4) is 0 Å². The van der Waals surface area contributed by atoms with Gasteiger partial charge in [-0.1, -0.05) is 0 Å². The highest BCUT2D eigenvalue weighted by Gasteiger charge is 2.48. The zero-order valence-electron chi connectivity index (χ0n) is 7.82. The van der Waals surface area contributed by atoms with Crippen LogP contribution in [0.5, 0.6) is 0 Å². The second kappa shape index (κ2) is 2.95. The molecule has 0 saturated heterocycles. The van der Waals surface area contributed by atoms with Gasteiger partial charge < -0.3 is 16.2 Å². The van der Waals surface area contributed by atoms with Gasteiger partial charge in [0.25, 0.3) is 0 Å². The van der Waals surface area contributed by atoms with E-state index in [1.54, 1.807) is 0 Å². The fraction of sp³-hybridized carbons (Fsp3) is 0.778. The second-order valence-electron chi connectivity index (χ2n) is 4.28. The van der Waals surface area contributed by atoms with Crippen molar-refractivity contribution in [2.75, 3.05) is 0 Å². The molecule has 0 aromatic carbocycles. The van der Waals surface area contributed by atoms with Gasteiger partial charge in [-0.3, -0.25) is 4.79 Å². The van der Waals surface area contributed by atoms with E-state index in [1.807, 2.05) is 0 Å². The Morgan fingerprint density at radius 2 is 2.00 bits per heavy atom. The number of hydrogen-bond donors (Lipinski definition) is 3. The number of aliphatic carboxylic acids is 1. The van der Waals surface area contributed by atoms with Crippen molar-refractivity contribution in [3.63, 3.8) is 0 Å². The summed E-state index contributed by atoms with van der Waals surface area (Å²) in [6, 6.07) is -0.733. The number of hydrogen-bond acceptors (Lipinski definition) is 3. The van der Waals surface area contributed by atoms with Crippen molar-refractivity contribution in [2.45, 2.75) is 37.3 Å². The number of carboxylic acids is 1. The minimum absolute atomic E-state index is 0.110. The molecule has 5 heteroatoms. The monoisotopic (exact) mass is 198 g/mol. The summed E-state index contributed by atoms with van der Waals surface area (Å²) in [5, 5.41) is 11.4. The van der Waals surface area contributed by atoms with Gasteiger partial charge in [-0.25, -0.2) is 4.79 Å². The van der Waals surface area contributed by atoms with Crippen LogP contribution in [-0.2, 0) is 9.59 Å². The first-order valence-electron chi connectivity index (χ1n) is 4.85. The number of carbonyl (C=O) groups excluding carboxylic acids is 1. The summed E-state index contributed by atoms with van der Waals surface area (Å²) < 4.78 is 0. The van der Waals surface area contributed by atoms with Crippen LogP contribution in [0.15, 0.2) is 0 Å². The summed E-state index contributed by atoms with van der Waals surface area (Å²) >= 11 is 0. The number of nitrogens with two attached hydrogens (primary N) is 1. The average Bonchev–Trinajstić information content (AvgIpc) is 2.94. The molecule has 2 rings (SSSR count). The van der Waals surface area contributed by atoms with Gasteiger partial charge in [-0.05, 0) is 31.6 Å². The van der Waals surface area contributed by atoms with Crippen molar-refractivity contribution in [1.82, 2.24) is 5.32 Å². The van der Waals surface area contributed by atoms with Gasteiger partial charge in [0.2, 0.25) is 5.91 Å². The molecule has 2 fully saturated rings. The maximum absolute atomic E-state index is 11.5. The minimum Gasteiger partial charge on any atom is -0.480 e. The maximum atomic E-state index is 11.5. The molecule has 1 unspecified atom stereocenters. The fourth-order valence-electron chi connectivity index (χ4n) is 1.46. The third kappa shape index (κ3) is 1.72. The zero-order valence-corrected chi connectivity index (χ0v) is 7.82. The number of amides is 1. The molecule has 0 bridgehead atoms. The molecule has 5 nitrogen and oxygen atoms in total. The first kappa shape index (κ1) is 9.45. The van der Waals surface area contributed by atoms with Gasteiger partial charge in [0.15, 0.2) is 0 Å². The summed E-state index contributed by atoms with van der Waals surface area (Å²) in [5.74, 6) is -1.15. The highest BCUT2D eigenvalue weighted by Crippen LogP contribution is 2.35. The standard InChI is InChI=1S/C9H14N2O3/c10-9(3-4-9)8(14)11-6(7(12)13)5-1-2-5/h5-6H,1-4,10H2,(H,11,14)(H,12,13). The Labute approximate surface area is 81.7 Å². The molecule has 2 aliphatic carbocycles. The van der Waals surface area contributed by atoms with E-state index in [0.717, 1.165) is 12.8 Å². The number of carboxylic acid groups (broad SMARTS) is 1. The van der Waals surface area contributed by atoms with Crippen LogP contribution in [0.1, 0.15) is 25.7 Å². The number of carbonyl (C=O) groups is 2. The maximum Gasteiger partial charge on any atom is 0.326 e. The first-order valence-corrected chi connectivity index (χ1v) is 4.85. The lowest BCUT2D eigenvalue weighted by molar-refractivity contribution is -0.142. The Hall–Kier alpha value is -1.10. The molecule has 78 valence electrons. The normalized spacial score (nSPS) is 25.2. The van der Waals surface area contributed by atoms with Gasteiger partial charge in [-0.2, -0.15) is 0 Å². The third-order valence-electron chi connectivity index (χ3n) is 2.89. The Kier molecular flexibility index (Phi) is 1.99. The van der Waals surface area contributed by atoms with Crippen molar-refractivity contribution in [1.29, 1.82) is 0 Å². The van der Waals surface area contributed by atoms with E-state index in [9.17, 15) is 9.59 Å². The van der Waals surface area contributed by atoms with E-state index in [4.69, 9.17) is 10.8 Å². The molecule has 0 spiro atoms. The molecule has 0 aliphatic heterocycles. The molecule has 2 aliphatic rings. The van der Waals surface area contributed by atoms with Crippen molar-refractivity contribution < 1.29 is 14.7 Å². The molecule has 1 amide bonds. The van der Waals surface area contributed by atoms with Crippen molar-refractivity contribution in [3.05, 3.63) is 0 Å². The van der Waals surface area contributed by atoms with E-state index in [1.165, 1.54) is 0 Å². The quantitative estimate of drug-likeness (QED) is 0.565. The largest absolute Gasteiger partial charge is 0.480 e. The van der Waals surface area contributed by atoms with Gasteiger partial charge in [-0.15, -0.1) is 0 Å².